The van der Waals surface area contributed by atoms with Gasteiger partial charge in [0.25, 0.3) is 0 Å². The molecule has 0 aliphatic rings. The molecule has 0 aromatic heterocycles. The van der Waals surface area contributed by atoms with Crippen LogP contribution in [0.5, 0.6) is 0 Å². The Hall–Kier alpha value is 0.350. The molecule has 0 unspecified atom stereocenters. The molecule has 7 heteroatoms. The van der Waals surface area contributed by atoms with Gasteiger partial charge in [-0.1, -0.05) is 0 Å². The van der Waals surface area contributed by atoms with Gasteiger partial charge in [-0.3, -0.25) is 0 Å². The SMILES string of the molecule is O=[S](=O)=[Ag][C](F)(F)F. The number of halogens is 3. The minimum atomic E-state index is -4.56. The average Bonchev–Trinajstić information content (AvgIpc) is 1.21. The summed E-state index contributed by atoms with van der Waals surface area (Å²) in [5, 5.41) is 0. The third-order valence-corrected chi connectivity index (χ3v) is 2.13. The Bertz CT molecular complexity index is 180. The van der Waals surface area contributed by atoms with Crippen LogP contribution < -0.4 is 0 Å². The molecule has 0 fully saturated rings. The molecule has 2 nitrogen and oxygen atoms in total. The maximum atomic E-state index is 10.9. The summed E-state index contributed by atoms with van der Waals surface area (Å²) in [6, 6.07) is 0. The molecule has 0 N–H and O–H groups in total. The molecule has 0 spiro atoms. The molecule has 0 radical (unpaired) electrons. The normalized spacial score (nSPS) is 11.9. The van der Waals surface area contributed by atoms with Gasteiger partial charge in [0.2, 0.25) is 0 Å². The van der Waals surface area contributed by atoms with E-state index in [0.717, 1.165) is 0 Å². The Morgan fingerprint density at radius 1 is 1.25 bits per heavy atom. The van der Waals surface area contributed by atoms with E-state index in [4.69, 9.17) is 0 Å². The first-order chi connectivity index (χ1) is 3.42. The maximum absolute atomic E-state index is 10.9. The molecule has 54 valence electrons. The summed E-state index contributed by atoms with van der Waals surface area (Å²) in [6.07, 6.45) is 0. The second kappa shape index (κ2) is 2.77. The summed E-state index contributed by atoms with van der Waals surface area (Å²) in [7, 11) is -2.98. The summed E-state index contributed by atoms with van der Waals surface area (Å²) >= 11 is -2.00. The van der Waals surface area contributed by atoms with E-state index in [1.54, 1.807) is 0 Å². The number of hydrogen-bond donors (Lipinski definition) is 0. The van der Waals surface area contributed by atoms with Crippen molar-refractivity contribution in [3.05, 3.63) is 0 Å². The quantitative estimate of drug-likeness (QED) is 0.574. The van der Waals surface area contributed by atoms with Crippen molar-refractivity contribution in [2.24, 2.45) is 0 Å². The van der Waals surface area contributed by atoms with Crippen LogP contribution in [-0.2, 0) is 25.5 Å². The van der Waals surface area contributed by atoms with Gasteiger partial charge in [-0.15, -0.1) is 0 Å². The molecule has 8 heavy (non-hydrogen) atoms. The van der Waals surface area contributed by atoms with Crippen LogP contribution in [0.1, 0.15) is 0 Å². The Morgan fingerprint density at radius 2 is 1.62 bits per heavy atom. The second-order valence-electron chi connectivity index (χ2n) is 0.615. The van der Waals surface area contributed by atoms with E-state index in [9.17, 15) is 21.6 Å². The molecule has 0 rings (SSSR count). The van der Waals surface area contributed by atoms with Crippen molar-refractivity contribution in [1.29, 1.82) is 0 Å². The Morgan fingerprint density at radius 3 is 1.62 bits per heavy atom. The summed E-state index contributed by atoms with van der Waals surface area (Å²) in [6.45, 7) is 0. The fraction of sp³-hybridized carbons (Fsp3) is 1.00. The zero-order valence-electron chi connectivity index (χ0n) is 3.16. The summed E-state index contributed by atoms with van der Waals surface area (Å²) in [5.41, 5.74) is 0. The predicted molar refractivity (Wildman–Crippen MR) is 15.0 cm³/mol. The van der Waals surface area contributed by atoms with Gasteiger partial charge in [-0.2, -0.15) is 0 Å². The van der Waals surface area contributed by atoms with Crippen LogP contribution in [0, 0.1) is 0 Å². The van der Waals surface area contributed by atoms with Gasteiger partial charge in [0.15, 0.2) is 0 Å². The van der Waals surface area contributed by atoms with Gasteiger partial charge in [-0.25, -0.2) is 0 Å². The zero-order valence-corrected chi connectivity index (χ0v) is 5.46. The van der Waals surface area contributed by atoms with Crippen LogP contribution in [0.25, 0.3) is 0 Å². The fourth-order valence-electron chi connectivity index (χ4n) is 0.0570. The Labute approximate surface area is 51.9 Å². The molecule has 0 bridgehead atoms. The summed E-state index contributed by atoms with van der Waals surface area (Å²) in [5.74, 6) is 0. The average molecular weight is 241 g/mol. The van der Waals surface area contributed by atoms with Crippen molar-refractivity contribution >= 4 is 7.65 Å². The van der Waals surface area contributed by atoms with Crippen molar-refractivity contribution in [2.75, 3.05) is 0 Å². The standard InChI is InChI=1S/CF3.Ag.O2S/c2-1(3)4;;1-3-2. The summed E-state index contributed by atoms with van der Waals surface area (Å²) < 4.78 is 46.8. The molecule has 0 aromatic carbocycles. The topological polar surface area (TPSA) is 34.1 Å². The molecule has 0 atom stereocenters. The van der Waals surface area contributed by atoms with Crippen molar-refractivity contribution in [2.45, 2.75) is 4.39 Å². The van der Waals surface area contributed by atoms with Gasteiger partial charge in [-0.05, 0) is 0 Å². The van der Waals surface area contributed by atoms with Gasteiger partial charge in [0, 0.05) is 0 Å². The predicted octanol–water partition coefficient (Wildman–Crippen LogP) is 0.383. The van der Waals surface area contributed by atoms with Gasteiger partial charge in [0.05, 0.1) is 0 Å². The van der Waals surface area contributed by atoms with Crippen molar-refractivity contribution in [3.63, 3.8) is 0 Å². The van der Waals surface area contributed by atoms with E-state index in [2.05, 4.69) is 0 Å². The Balaban J connectivity index is 4.34. The van der Waals surface area contributed by atoms with E-state index < -0.39 is 29.9 Å². The van der Waals surface area contributed by atoms with E-state index >= 15 is 0 Å². The molecule has 0 amide bonds. The number of alkyl halides is 3. The van der Waals surface area contributed by atoms with Crippen molar-refractivity contribution in [1.82, 2.24) is 0 Å². The van der Waals surface area contributed by atoms with Crippen LogP contribution in [0.15, 0.2) is 0 Å². The Kier molecular flexibility index (Phi) is 2.89. The number of hydrogen-bond acceptors (Lipinski definition) is 2. The summed E-state index contributed by atoms with van der Waals surface area (Å²) in [4.78, 5) is 0. The van der Waals surface area contributed by atoms with Crippen molar-refractivity contribution < 1.29 is 39.5 Å². The van der Waals surface area contributed by atoms with Crippen LogP contribution in [0.3, 0.4) is 0 Å². The molecular weight excluding hydrogens is 241 g/mol. The van der Waals surface area contributed by atoms with Gasteiger partial charge >= 0.3 is 51.5 Å². The first-order valence-electron chi connectivity index (χ1n) is 1.17. The van der Waals surface area contributed by atoms with Gasteiger partial charge < -0.3 is 0 Å². The molecule has 0 heterocycles. The first kappa shape index (κ1) is 8.35. The third-order valence-electron chi connectivity index (χ3n) is 0.120. The number of rotatable bonds is 0. The van der Waals surface area contributed by atoms with Crippen LogP contribution in [0.4, 0.5) is 13.2 Å². The third kappa shape index (κ3) is 6.35. The van der Waals surface area contributed by atoms with Crippen LogP contribution in [-0.4, -0.2) is 12.8 Å². The fourth-order valence-corrected chi connectivity index (χ4v) is 1.01. The molecule has 0 aliphatic carbocycles. The van der Waals surface area contributed by atoms with E-state index in [1.165, 1.54) is 0 Å². The monoisotopic (exact) mass is 240 g/mol. The van der Waals surface area contributed by atoms with Crippen LogP contribution in [0.2, 0.25) is 0 Å². The van der Waals surface area contributed by atoms with Crippen molar-refractivity contribution in [3.8, 4) is 0 Å². The molecule has 0 aromatic rings. The minimum absolute atomic E-state index is 2.00. The molecular formula is CAgF3O2S. The van der Waals surface area contributed by atoms with E-state index in [-0.39, 0.29) is 0 Å². The van der Waals surface area contributed by atoms with Gasteiger partial charge in [0.1, 0.15) is 0 Å². The van der Waals surface area contributed by atoms with E-state index in [0.29, 0.717) is 0 Å². The molecule has 0 aliphatic heterocycles. The van der Waals surface area contributed by atoms with Crippen LogP contribution >= 0.6 is 0 Å². The molecule has 0 saturated heterocycles. The second-order valence-corrected chi connectivity index (χ2v) is 4.31. The molecule has 0 saturated carbocycles. The van der Waals surface area contributed by atoms with E-state index in [1.807, 2.05) is 0 Å². The first-order valence-corrected chi connectivity index (χ1v) is 4.64. The zero-order chi connectivity index (χ0) is 6.78.